The molecular weight excluding hydrogens is 398 g/mol. The van der Waals surface area contributed by atoms with E-state index in [0.717, 1.165) is 23.4 Å². The largest absolute Gasteiger partial charge is 0.468 e. The Morgan fingerprint density at radius 1 is 1.10 bits per heavy atom. The summed E-state index contributed by atoms with van der Waals surface area (Å²) in [6, 6.07) is 9.56. The maximum atomic E-state index is 11.8. The van der Waals surface area contributed by atoms with Crippen LogP contribution in [0, 0.1) is 11.3 Å². The van der Waals surface area contributed by atoms with Gasteiger partial charge < -0.3 is 9.47 Å². The van der Waals surface area contributed by atoms with Gasteiger partial charge in [-0.1, -0.05) is 104 Å². The number of carbonyl (C=O) groups excluding carboxylic acids is 2. The molecule has 1 aromatic rings. The minimum absolute atomic E-state index is 0.0388. The zero-order valence-electron chi connectivity index (χ0n) is 19.8. The maximum Gasteiger partial charge on any atom is 0.417 e. The third kappa shape index (κ3) is 12.8. The topological polar surface area (TPSA) is 64.6 Å². The number of hydrogen-bond acceptors (Lipinski definition) is 5. The van der Waals surface area contributed by atoms with Crippen LogP contribution in [0.5, 0.6) is 0 Å². The number of esters is 1. The first-order valence-corrected chi connectivity index (χ1v) is 11.9. The van der Waals surface area contributed by atoms with E-state index in [0.29, 0.717) is 0 Å². The summed E-state index contributed by atoms with van der Waals surface area (Å²) in [4.78, 5) is 22.8. The highest BCUT2D eigenvalue weighted by atomic mass is 32.2. The molecule has 0 heterocycles. The monoisotopic (exact) mass is 439 g/mol. The van der Waals surface area contributed by atoms with Crippen LogP contribution in [0.15, 0.2) is 30.3 Å². The molecule has 0 spiro atoms. The molecule has 5 nitrogen and oxygen atoms in total. The van der Waals surface area contributed by atoms with E-state index in [4.69, 9.17) is 4.74 Å². The van der Waals surface area contributed by atoms with Crippen molar-refractivity contribution in [3.8, 4) is 0 Å². The molecule has 1 N–H and O–H groups in total. The summed E-state index contributed by atoms with van der Waals surface area (Å²) in [7, 11) is 1.30. The molecule has 1 unspecified atom stereocenters. The van der Waals surface area contributed by atoms with Crippen LogP contribution in [-0.2, 0) is 14.3 Å². The quantitative estimate of drug-likeness (QED) is 0.398. The SMILES string of the molecule is CC.CC1CCCCC1.COC(=O)CSNC(=O)OC(c1ccccc1)C(C)(C)C. The summed E-state index contributed by atoms with van der Waals surface area (Å²) in [5.41, 5.74) is 0.684. The van der Waals surface area contributed by atoms with Gasteiger partial charge in [0, 0.05) is 5.41 Å². The summed E-state index contributed by atoms with van der Waals surface area (Å²) in [5, 5.41) is 0. The molecule has 6 heteroatoms. The first-order valence-electron chi connectivity index (χ1n) is 10.9. The van der Waals surface area contributed by atoms with E-state index in [9.17, 15) is 9.59 Å². The molecule has 1 aliphatic rings. The van der Waals surface area contributed by atoms with Crippen LogP contribution in [0.3, 0.4) is 0 Å². The van der Waals surface area contributed by atoms with Gasteiger partial charge in [0.1, 0.15) is 11.9 Å². The molecule has 0 aromatic heterocycles. The standard InChI is InChI=1S/C15H21NO4S.C7H14.C2H6/c1-15(2,3)13(11-8-6-5-7-9-11)20-14(18)16-21-10-12(17)19-4;1-7-5-3-2-4-6-7;1-2/h5-9,13H,10H2,1-4H3,(H,16,18);7H,2-6H2,1H3;1-2H3. The number of hydrogen-bond donors (Lipinski definition) is 1. The Hall–Kier alpha value is -1.69. The zero-order chi connectivity index (χ0) is 23.0. The number of carbonyl (C=O) groups is 2. The molecule has 0 aliphatic heterocycles. The first-order chi connectivity index (χ1) is 14.2. The van der Waals surface area contributed by atoms with Crippen molar-refractivity contribution in [2.24, 2.45) is 11.3 Å². The Bertz CT molecular complexity index is 581. The van der Waals surface area contributed by atoms with Crippen LogP contribution in [0.1, 0.15) is 85.3 Å². The molecule has 0 radical (unpaired) electrons. The summed E-state index contributed by atoms with van der Waals surface area (Å²) in [6.45, 7) is 12.4. The van der Waals surface area contributed by atoms with Crippen molar-refractivity contribution in [3.63, 3.8) is 0 Å². The minimum Gasteiger partial charge on any atom is -0.468 e. The highest BCUT2D eigenvalue weighted by Gasteiger charge is 2.30. The molecule has 172 valence electrons. The molecule has 1 saturated carbocycles. The lowest BCUT2D eigenvalue weighted by Gasteiger charge is -2.30. The number of ether oxygens (including phenoxy) is 2. The van der Waals surface area contributed by atoms with Crippen LogP contribution in [-0.4, -0.2) is 24.9 Å². The van der Waals surface area contributed by atoms with Gasteiger partial charge in [-0.05, 0) is 23.4 Å². The van der Waals surface area contributed by atoms with Gasteiger partial charge in [-0.3, -0.25) is 9.52 Å². The minimum atomic E-state index is -0.576. The van der Waals surface area contributed by atoms with Crippen molar-refractivity contribution >= 4 is 24.0 Å². The van der Waals surface area contributed by atoms with E-state index in [1.165, 1.54) is 39.2 Å². The summed E-state index contributed by atoms with van der Waals surface area (Å²) < 4.78 is 12.5. The van der Waals surface area contributed by atoms with Crippen molar-refractivity contribution in [2.45, 2.75) is 79.8 Å². The third-order valence-corrected chi connectivity index (χ3v) is 5.27. The van der Waals surface area contributed by atoms with Gasteiger partial charge in [-0.15, -0.1) is 0 Å². The van der Waals surface area contributed by atoms with E-state index in [2.05, 4.69) is 16.4 Å². The average Bonchev–Trinajstić information content (AvgIpc) is 2.74. The van der Waals surface area contributed by atoms with Gasteiger partial charge in [0.2, 0.25) is 0 Å². The van der Waals surface area contributed by atoms with Crippen molar-refractivity contribution < 1.29 is 19.1 Å². The second-order valence-corrected chi connectivity index (χ2v) is 9.05. The van der Waals surface area contributed by atoms with Crippen molar-refractivity contribution in [2.75, 3.05) is 12.9 Å². The molecular formula is C24H41NO4S. The van der Waals surface area contributed by atoms with Crippen LogP contribution in [0.4, 0.5) is 4.79 Å². The van der Waals surface area contributed by atoms with E-state index in [1.54, 1.807) is 0 Å². The summed E-state index contributed by atoms with van der Waals surface area (Å²) >= 11 is 0.943. The predicted molar refractivity (Wildman–Crippen MR) is 126 cm³/mol. The highest BCUT2D eigenvalue weighted by molar-refractivity contribution is 7.98. The molecule has 2 rings (SSSR count). The van der Waals surface area contributed by atoms with Gasteiger partial charge in [-0.25, -0.2) is 4.79 Å². The molecule has 1 atom stereocenters. The number of benzene rings is 1. The van der Waals surface area contributed by atoms with E-state index in [1.807, 2.05) is 65.0 Å². The van der Waals surface area contributed by atoms with E-state index in [-0.39, 0.29) is 17.3 Å². The number of nitrogens with one attached hydrogen (secondary N) is 1. The predicted octanol–water partition coefficient (Wildman–Crippen LogP) is 6.93. The fourth-order valence-corrected chi connectivity index (χ4v) is 3.50. The molecule has 30 heavy (non-hydrogen) atoms. The fourth-order valence-electron chi connectivity index (χ4n) is 3.02. The Morgan fingerprint density at radius 2 is 1.67 bits per heavy atom. The fraction of sp³-hybridized carbons (Fsp3) is 0.667. The van der Waals surface area contributed by atoms with Gasteiger partial charge in [0.15, 0.2) is 0 Å². The second-order valence-electron chi connectivity index (χ2n) is 8.27. The zero-order valence-corrected chi connectivity index (χ0v) is 20.6. The lowest BCUT2D eigenvalue weighted by molar-refractivity contribution is -0.137. The van der Waals surface area contributed by atoms with Gasteiger partial charge >= 0.3 is 12.1 Å². The molecule has 1 aromatic carbocycles. The first kappa shape index (κ1) is 28.3. The van der Waals surface area contributed by atoms with Crippen molar-refractivity contribution in [3.05, 3.63) is 35.9 Å². The molecule has 0 bridgehead atoms. The highest BCUT2D eigenvalue weighted by Crippen LogP contribution is 2.36. The van der Waals surface area contributed by atoms with E-state index >= 15 is 0 Å². The van der Waals surface area contributed by atoms with Crippen LogP contribution < -0.4 is 4.72 Å². The Labute approximate surface area is 187 Å². The molecule has 0 saturated heterocycles. The third-order valence-electron chi connectivity index (χ3n) is 4.58. The van der Waals surface area contributed by atoms with Crippen LogP contribution in [0.2, 0.25) is 0 Å². The Morgan fingerprint density at radius 3 is 2.10 bits per heavy atom. The molecule has 1 amide bonds. The Balaban J connectivity index is 0.000000775. The smallest absolute Gasteiger partial charge is 0.417 e. The second kappa shape index (κ2) is 16.1. The van der Waals surface area contributed by atoms with Crippen LogP contribution >= 0.6 is 11.9 Å². The Kier molecular flexibility index (Phi) is 15.2. The van der Waals surface area contributed by atoms with E-state index < -0.39 is 12.1 Å². The lowest BCUT2D eigenvalue weighted by Crippen LogP contribution is -2.28. The molecule has 1 fully saturated rings. The van der Waals surface area contributed by atoms with Gasteiger partial charge in [0.05, 0.1) is 7.11 Å². The van der Waals surface area contributed by atoms with Crippen molar-refractivity contribution in [1.82, 2.24) is 4.72 Å². The number of rotatable bonds is 5. The van der Waals surface area contributed by atoms with Crippen LogP contribution in [0.25, 0.3) is 0 Å². The van der Waals surface area contributed by atoms with Gasteiger partial charge in [-0.2, -0.15) is 0 Å². The molecule has 1 aliphatic carbocycles. The number of methoxy groups -OCH3 is 1. The van der Waals surface area contributed by atoms with Crippen molar-refractivity contribution in [1.29, 1.82) is 0 Å². The summed E-state index contributed by atoms with van der Waals surface area (Å²) in [5.74, 6) is 0.668. The number of amides is 1. The normalized spacial score (nSPS) is 14.8. The lowest BCUT2D eigenvalue weighted by atomic mass is 9.84. The summed E-state index contributed by atoms with van der Waals surface area (Å²) in [6.07, 6.45) is 6.48. The van der Waals surface area contributed by atoms with Gasteiger partial charge in [0.25, 0.3) is 0 Å². The average molecular weight is 440 g/mol. The maximum absolute atomic E-state index is 11.8.